The van der Waals surface area contributed by atoms with E-state index in [-0.39, 0.29) is 18.0 Å². The average Bonchev–Trinajstić information content (AvgIpc) is 2.79. The first-order chi connectivity index (χ1) is 9.10. The molecule has 2 aromatic rings. The van der Waals surface area contributed by atoms with Gasteiger partial charge in [-0.15, -0.1) is 5.10 Å². The number of hydrogen-bond donors (Lipinski definition) is 2. The molecule has 0 unspecified atom stereocenters. The third-order valence-electron chi connectivity index (χ3n) is 2.56. The number of rotatable bonds is 5. The molecule has 0 bridgehead atoms. The lowest BCUT2D eigenvalue weighted by Crippen LogP contribution is -2.28. The van der Waals surface area contributed by atoms with Crippen molar-refractivity contribution >= 4 is 11.4 Å². The summed E-state index contributed by atoms with van der Waals surface area (Å²) in [6.45, 7) is 2.02. The summed E-state index contributed by atoms with van der Waals surface area (Å²) in [6, 6.07) is 5.59. The van der Waals surface area contributed by atoms with Crippen molar-refractivity contribution in [3.63, 3.8) is 0 Å². The van der Waals surface area contributed by atoms with Crippen LogP contribution in [-0.2, 0) is 11.3 Å². The van der Waals surface area contributed by atoms with Gasteiger partial charge < -0.3 is 10.7 Å². The van der Waals surface area contributed by atoms with Crippen LogP contribution in [0.15, 0.2) is 36.3 Å². The van der Waals surface area contributed by atoms with Crippen molar-refractivity contribution in [2.24, 2.45) is 11.6 Å². The number of nitrogens with zero attached hydrogens (tertiary/aromatic N) is 4. The number of ketones is 1. The highest BCUT2D eigenvalue weighted by Gasteiger charge is 2.07. The Morgan fingerprint density at radius 1 is 1.53 bits per heavy atom. The Bertz CT molecular complexity index is 584. The van der Waals surface area contributed by atoms with E-state index < -0.39 is 0 Å². The molecule has 2 aromatic heterocycles. The molecule has 4 N–H and O–H groups in total. The summed E-state index contributed by atoms with van der Waals surface area (Å²) in [5, 5.41) is 5.56. The number of aromatic nitrogens is 3. The molecule has 0 aliphatic heterocycles. The van der Waals surface area contributed by atoms with Crippen LogP contribution in [0.3, 0.4) is 0 Å². The monoisotopic (exact) mass is 260 g/mol. The lowest BCUT2D eigenvalue weighted by Gasteiger charge is -2.11. The second kappa shape index (κ2) is 5.49. The van der Waals surface area contributed by atoms with Gasteiger partial charge in [-0.05, 0) is 12.1 Å². The summed E-state index contributed by atoms with van der Waals surface area (Å²) in [4.78, 5) is 15.6. The number of Topliss-reactive ketones (excluding diaryl/α,β-unsaturated/α-hetero) is 1. The predicted octanol–water partition coefficient (Wildman–Crippen LogP) is 0.184. The topological polar surface area (TPSA) is 103 Å². The molecule has 0 aromatic carbocycles. The van der Waals surface area contributed by atoms with Gasteiger partial charge >= 0.3 is 0 Å². The van der Waals surface area contributed by atoms with Crippen molar-refractivity contribution in [3.05, 3.63) is 42.1 Å². The largest absolute Gasteiger partial charge is 0.395 e. The quantitative estimate of drug-likeness (QED) is 0.452. The predicted molar refractivity (Wildman–Crippen MR) is 70.3 cm³/mol. The van der Waals surface area contributed by atoms with Crippen LogP contribution in [0, 0.1) is 0 Å². The fourth-order valence-corrected chi connectivity index (χ4v) is 1.61. The molecule has 100 valence electrons. The maximum atomic E-state index is 11.3. The molecular formula is C12H16N6O. The van der Waals surface area contributed by atoms with E-state index in [2.05, 4.69) is 10.1 Å². The molecule has 0 aliphatic rings. The number of hydrogen-bond acceptors (Lipinski definition) is 6. The summed E-state index contributed by atoms with van der Waals surface area (Å²) >= 11 is 0. The van der Waals surface area contributed by atoms with E-state index in [1.165, 1.54) is 11.2 Å². The molecule has 2 heterocycles. The molecule has 0 saturated carbocycles. The highest BCUT2D eigenvalue weighted by Crippen LogP contribution is 2.03. The van der Waals surface area contributed by atoms with Gasteiger partial charge in [0.25, 0.3) is 0 Å². The van der Waals surface area contributed by atoms with Gasteiger partial charge in [0, 0.05) is 18.8 Å². The van der Waals surface area contributed by atoms with E-state index in [0.29, 0.717) is 12.2 Å². The Labute approximate surface area is 110 Å². The molecule has 2 rings (SSSR count). The molecule has 0 spiro atoms. The van der Waals surface area contributed by atoms with Gasteiger partial charge in [0.2, 0.25) is 0 Å². The van der Waals surface area contributed by atoms with Crippen molar-refractivity contribution < 1.29 is 4.79 Å². The zero-order valence-corrected chi connectivity index (χ0v) is 10.7. The molecule has 0 atom stereocenters. The van der Waals surface area contributed by atoms with Crippen LogP contribution in [0.5, 0.6) is 0 Å². The van der Waals surface area contributed by atoms with E-state index in [1.54, 1.807) is 17.6 Å². The number of hydrazine groups is 1. The van der Waals surface area contributed by atoms with Gasteiger partial charge in [-0.25, -0.2) is 15.3 Å². The minimum absolute atomic E-state index is 0.133. The lowest BCUT2D eigenvalue weighted by molar-refractivity contribution is -0.115. The zero-order chi connectivity index (χ0) is 13.8. The summed E-state index contributed by atoms with van der Waals surface area (Å²) in [5.74, 6) is 6.17. The van der Waals surface area contributed by atoms with Crippen LogP contribution < -0.4 is 11.6 Å². The summed E-state index contributed by atoms with van der Waals surface area (Å²) in [5.41, 5.74) is 6.48. The molecule has 0 fully saturated rings. The standard InChI is InChI=1S/C12H16N6O/c1-2-10(19)9(13)7-17(14)8-11-15-12-5-3-4-6-18(12)16-11/h3-7H,2,8,13-14H2,1H3/b9-7-. The third-order valence-corrected chi connectivity index (χ3v) is 2.56. The van der Waals surface area contributed by atoms with E-state index in [1.807, 2.05) is 18.2 Å². The lowest BCUT2D eigenvalue weighted by atomic mass is 10.2. The van der Waals surface area contributed by atoms with Gasteiger partial charge in [-0.1, -0.05) is 13.0 Å². The van der Waals surface area contributed by atoms with Crippen LogP contribution in [0.2, 0.25) is 0 Å². The normalized spacial score (nSPS) is 11.8. The number of fused-ring (bicyclic) bond motifs is 1. The zero-order valence-electron chi connectivity index (χ0n) is 10.7. The average molecular weight is 260 g/mol. The SMILES string of the molecule is CCC(=O)/C(N)=C/N(N)Cc1nc2ccccn2n1. The Kier molecular flexibility index (Phi) is 3.76. The van der Waals surface area contributed by atoms with Gasteiger partial charge in [-0.3, -0.25) is 4.79 Å². The van der Waals surface area contributed by atoms with E-state index in [0.717, 1.165) is 5.65 Å². The highest BCUT2D eigenvalue weighted by atomic mass is 16.1. The van der Waals surface area contributed by atoms with Crippen molar-refractivity contribution in [2.75, 3.05) is 0 Å². The summed E-state index contributed by atoms with van der Waals surface area (Å²) < 4.78 is 1.66. The summed E-state index contributed by atoms with van der Waals surface area (Å²) in [7, 11) is 0. The number of nitrogens with two attached hydrogens (primary N) is 2. The Morgan fingerprint density at radius 2 is 2.32 bits per heavy atom. The second-order valence-corrected chi connectivity index (χ2v) is 4.06. The molecule has 0 radical (unpaired) electrons. The summed E-state index contributed by atoms with van der Waals surface area (Å²) in [6.07, 6.45) is 3.55. The number of allylic oxidation sites excluding steroid dienone is 1. The number of carbonyl (C=O) groups is 1. The number of carbonyl (C=O) groups excluding carboxylic acids is 1. The Balaban J connectivity index is 2.10. The second-order valence-electron chi connectivity index (χ2n) is 4.06. The number of pyridine rings is 1. The fourth-order valence-electron chi connectivity index (χ4n) is 1.61. The van der Waals surface area contributed by atoms with Crippen molar-refractivity contribution in [2.45, 2.75) is 19.9 Å². The first kappa shape index (κ1) is 13.0. The van der Waals surface area contributed by atoms with Gasteiger partial charge in [0.05, 0.1) is 12.2 Å². The van der Waals surface area contributed by atoms with Crippen LogP contribution in [0.25, 0.3) is 5.65 Å². The molecule has 7 nitrogen and oxygen atoms in total. The minimum atomic E-state index is -0.140. The van der Waals surface area contributed by atoms with Crippen molar-refractivity contribution in [3.8, 4) is 0 Å². The molecule has 19 heavy (non-hydrogen) atoms. The van der Waals surface area contributed by atoms with Crippen LogP contribution >= 0.6 is 0 Å². The van der Waals surface area contributed by atoms with Crippen molar-refractivity contribution in [1.82, 2.24) is 19.6 Å². The van der Waals surface area contributed by atoms with Crippen molar-refractivity contribution in [1.29, 1.82) is 0 Å². The molecular weight excluding hydrogens is 244 g/mol. The van der Waals surface area contributed by atoms with Crippen LogP contribution in [0.4, 0.5) is 0 Å². The van der Waals surface area contributed by atoms with Gasteiger partial charge in [0.15, 0.2) is 17.3 Å². The van der Waals surface area contributed by atoms with E-state index >= 15 is 0 Å². The molecule has 0 aliphatic carbocycles. The fraction of sp³-hybridized carbons (Fsp3) is 0.250. The molecule has 0 amide bonds. The Hall–Kier alpha value is -2.41. The van der Waals surface area contributed by atoms with E-state index in [9.17, 15) is 4.79 Å². The van der Waals surface area contributed by atoms with Crippen LogP contribution in [0.1, 0.15) is 19.2 Å². The maximum absolute atomic E-state index is 11.3. The van der Waals surface area contributed by atoms with Crippen LogP contribution in [-0.4, -0.2) is 25.4 Å². The smallest absolute Gasteiger partial charge is 0.179 e. The maximum Gasteiger partial charge on any atom is 0.179 e. The minimum Gasteiger partial charge on any atom is -0.395 e. The molecule has 7 heteroatoms. The highest BCUT2D eigenvalue weighted by molar-refractivity contribution is 5.93. The third kappa shape index (κ3) is 3.08. The Morgan fingerprint density at radius 3 is 3.00 bits per heavy atom. The first-order valence-electron chi connectivity index (χ1n) is 5.92. The van der Waals surface area contributed by atoms with E-state index in [4.69, 9.17) is 11.6 Å². The molecule has 0 saturated heterocycles. The first-order valence-corrected chi connectivity index (χ1v) is 5.92. The van der Waals surface area contributed by atoms with Gasteiger partial charge in [0.1, 0.15) is 0 Å². The van der Waals surface area contributed by atoms with Gasteiger partial charge in [-0.2, -0.15) is 0 Å².